The summed E-state index contributed by atoms with van der Waals surface area (Å²) in [6.45, 7) is 12.5. The Morgan fingerprint density at radius 2 is 1.73 bits per heavy atom. The molecule has 1 rings (SSSR count). The summed E-state index contributed by atoms with van der Waals surface area (Å²) < 4.78 is 5.64. The standard InChI is InChI=1S/C23H36O2Si/c1-7-8-9-10-11-13-16-20(22(24)25-23(2,3)4)19-26(5,6)21-17-14-12-15-18-21/h12-19H,7-11H2,1-6H3/b16-13+,20-19+. The van der Waals surface area contributed by atoms with Gasteiger partial charge >= 0.3 is 5.97 Å². The highest BCUT2D eigenvalue weighted by Crippen LogP contribution is 2.16. The van der Waals surface area contributed by atoms with Gasteiger partial charge in [0.25, 0.3) is 0 Å². The maximum absolute atomic E-state index is 12.7. The van der Waals surface area contributed by atoms with Crippen LogP contribution < -0.4 is 5.19 Å². The monoisotopic (exact) mass is 372 g/mol. The number of allylic oxidation sites excluding steroid dienone is 1. The quantitative estimate of drug-likeness (QED) is 0.176. The van der Waals surface area contributed by atoms with Crippen LogP contribution >= 0.6 is 0 Å². The van der Waals surface area contributed by atoms with Crippen LogP contribution in [0.3, 0.4) is 0 Å². The second-order valence-electron chi connectivity index (χ2n) is 8.44. The second kappa shape index (κ2) is 10.5. The number of carbonyl (C=O) groups is 1. The van der Waals surface area contributed by atoms with Crippen molar-refractivity contribution < 1.29 is 9.53 Å². The summed E-state index contributed by atoms with van der Waals surface area (Å²) in [6, 6.07) is 10.5. The smallest absolute Gasteiger partial charge is 0.337 e. The van der Waals surface area contributed by atoms with Crippen LogP contribution in [-0.4, -0.2) is 19.6 Å². The Labute approximate surface area is 161 Å². The maximum atomic E-state index is 12.7. The van der Waals surface area contributed by atoms with Gasteiger partial charge in [0, 0.05) is 0 Å². The zero-order chi connectivity index (χ0) is 19.6. The van der Waals surface area contributed by atoms with Crippen molar-refractivity contribution in [2.75, 3.05) is 0 Å². The summed E-state index contributed by atoms with van der Waals surface area (Å²) in [4.78, 5) is 12.7. The Hall–Kier alpha value is -1.61. The highest BCUT2D eigenvalue weighted by molar-refractivity contribution is 6.94. The largest absolute Gasteiger partial charge is 0.456 e. The summed E-state index contributed by atoms with van der Waals surface area (Å²) in [5, 5.41) is 1.32. The SMILES string of the molecule is CCCCCC/C=C/C(=C\[Si](C)(C)c1ccccc1)C(=O)OC(C)(C)C. The van der Waals surface area contributed by atoms with Crippen molar-refractivity contribution in [1.82, 2.24) is 0 Å². The molecule has 0 N–H and O–H groups in total. The summed E-state index contributed by atoms with van der Waals surface area (Å²) in [5.41, 5.74) is 2.37. The van der Waals surface area contributed by atoms with Gasteiger partial charge in [0.15, 0.2) is 0 Å². The predicted octanol–water partition coefficient (Wildman–Crippen LogP) is 5.94. The first kappa shape index (κ1) is 22.4. The van der Waals surface area contributed by atoms with Gasteiger partial charge in [0.1, 0.15) is 13.7 Å². The third-order valence-electron chi connectivity index (χ3n) is 4.19. The molecule has 144 valence electrons. The number of carbonyl (C=O) groups excluding carboxylic acids is 1. The van der Waals surface area contributed by atoms with Crippen LogP contribution in [0.15, 0.2) is 53.8 Å². The molecule has 3 heteroatoms. The molecule has 0 saturated heterocycles. The number of esters is 1. The summed E-state index contributed by atoms with van der Waals surface area (Å²) in [7, 11) is -1.88. The minimum absolute atomic E-state index is 0.223. The molecule has 2 nitrogen and oxygen atoms in total. The van der Waals surface area contributed by atoms with Gasteiger partial charge in [-0.05, 0) is 33.6 Å². The van der Waals surface area contributed by atoms with Crippen LogP contribution in [0, 0.1) is 0 Å². The molecular weight excluding hydrogens is 336 g/mol. The zero-order valence-electron chi connectivity index (χ0n) is 17.5. The minimum atomic E-state index is -1.88. The van der Waals surface area contributed by atoms with E-state index in [-0.39, 0.29) is 5.97 Å². The van der Waals surface area contributed by atoms with Gasteiger partial charge in [0.05, 0.1) is 5.57 Å². The van der Waals surface area contributed by atoms with E-state index in [1.807, 2.05) is 32.9 Å². The molecule has 0 unspecified atom stereocenters. The predicted molar refractivity (Wildman–Crippen MR) is 115 cm³/mol. The highest BCUT2D eigenvalue weighted by atomic mass is 28.3. The Balaban J connectivity index is 2.99. The number of hydrogen-bond donors (Lipinski definition) is 0. The second-order valence-corrected chi connectivity index (χ2v) is 12.8. The molecule has 0 saturated carbocycles. The van der Waals surface area contributed by atoms with Crippen molar-refractivity contribution in [3.8, 4) is 0 Å². The van der Waals surface area contributed by atoms with Gasteiger partial charge in [-0.3, -0.25) is 0 Å². The van der Waals surface area contributed by atoms with Crippen LogP contribution in [0.5, 0.6) is 0 Å². The Bertz CT molecular complexity index is 607. The number of ether oxygens (including phenoxy) is 1. The molecule has 0 aliphatic carbocycles. The molecule has 0 amide bonds. The average Bonchev–Trinajstić information content (AvgIpc) is 2.56. The topological polar surface area (TPSA) is 26.3 Å². The van der Waals surface area contributed by atoms with E-state index in [9.17, 15) is 4.79 Å². The molecular formula is C23H36O2Si. The molecule has 0 bridgehead atoms. The van der Waals surface area contributed by atoms with Gasteiger partial charge in [-0.2, -0.15) is 0 Å². The van der Waals surface area contributed by atoms with E-state index in [0.717, 1.165) is 6.42 Å². The molecule has 0 aliphatic heterocycles. The fourth-order valence-corrected chi connectivity index (χ4v) is 4.96. The molecule has 0 radical (unpaired) electrons. The van der Waals surface area contributed by atoms with Crippen LogP contribution in [0.2, 0.25) is 13.1 Å². The van der Waals surface area contributed by atoms with E-state index in [4.69, 9.17) is 4.74 Å². The first-order valence-corrected chi connectivity index (χ1v) is 12.9. The average molecular weight is 373 g/mol. The van der Waals surface area contributed by atoms with E-state index in [1.165, 1.54) is 30.9 Å². The highest BCUT2D eigenvalue weighted by Gasteiger charge is 2.25. The third kappa shape index (κ3) is 8.66. The Morgan fingerprint density at radius 3 is 2.31 bits per heavy atom. The van der Waals surface area contributed by atoms with Crippen molar-refractivity contribution in [2.45, 2.75) is 78.5 Å². The summed E-state index contributed by atoms with van der Waals surface area (Å²) >= 11 is 0. The van der Waals surface area contributed by atoms with E-state index in [2.05, 4.69) is 56.1 Å². The van der Waals surface area contributed by atoms with Gasteiger partial charge in [-0.15, -0.1) is 0 Å². The lowest BCUT2D eigenvalue weighted by Gasteiger charge is -2.23. The van der Waals surface area contributed by atoms with Gasteiger partial charge in [-0.1, -0.05) is 92.7 Å². The molecule has 0 spiro atoms. The lowest BCUT2D eigenvalue weighted by molar-refractivity contribution is -0.149. The van der Waals surface area contributed by atoms with Crippen LogP contribution in [0.4, 0.5) is 0 Å². The van der Waals surface area contributed by atoms with E-state index in [0.29, 0.717) is 5.57 Å². The van der Waals surface area contributed by atoms with E-state index >= 15 is 0 Å². The Morgan fingerprint density at radius 1 is 1.08 bits per heavy atom. The van der Waals surface area contributed by atoms with Crippen molar-refractivity contribution in [3.63, 3.8) is 0 Å². The lowest BCUT2D eigenvalue weighted by atomic mass is 10.1. The molecule has 0 fully saturated rings. The zero-order valence-corrected chi connectivity index (χ0v) is 18.5. The summed E-state index contributed by atoms with van der Waals surface area (Å²) in [6.07, 6.45) is 10.0. The Kier molecular flexibility index (Phi) is 9.07. The van der Waals surface area contributed by atoms with Crippen molar-refractivity contribution >= 4 is 19.2 Å². The number of unbranched alkanes of at least 4 members (excludes halogenated alkanes) is 4. The normalized spacial score (nSPS) is 13.2. The van der Waals surface area contributed by atoms with Gasteiger partial charge in [0.2, 0.25) is 0 Å². The van der Waals surface area contributed by atoms with Crippen LogP contribution in [-0.2, 0) is 9.53 Å². The third-order valence-corrected chi connectivity index (χ3v) is 7.04. The first-order valence-electron chi connectivity index (χ1n) is 9.84. The number of hydrogen-bond acceptors (Lipinski definition) is 2. The van der Waals surface area contributed by atoms with Crippen molar-refractivity contribution in [1.29, 1.82) is 0 Å². The molecule has 0 heterocycles. The molecule has 1 aromatic carbocycles. The fourth-order valence-electron chi connectivity index (χ4n) is 2.75. The number of rotatable bonds is 9. The van der Waals surface area contributed by atoms with Crippen molar-refractivity contribution in [2.24, 2.45) is 0 Å². The molecule has 0 atom stereocenters. The van der Waals surface area contributed by atoms with E-state index < -0.39 is 13.7 Å². The lowest BCUT2D eigenvalue weighted by Crippen LogP contribution is -2.40. The van der Waals surface area contributed by atoms with Crippen molar-refractivity contribution in [3.05, 3.63) is 53.8 Å². The minimum Gasteiger partial charge on any atom is -0.456 e. The molecule has 1 aromatic rings. The van der Waals surface area contributed by atoms with Crippen LogP contribution in [0.25, 0.3) is 0 Å². The maximum Gasteiger partial charge on any atom is 0.337 e. The fraction of sp³-hybridized carbons (Fsp3) is 0.522. The molecule has 0 aromatic heterocycles. The van der Waals surface area contributed by atoms with E-state index in [1.54, 1.807) is 0 Å². The van der Waals surface area contributed by atoms with Crippen LogP contribution in [0.1, 0.15) is 59.8 Å². The summed E-state index contributed by atoms with van der Waals surface area (Å²) in [5.74, 6) is -0.223. The molecule has 0 aliphatic rings. The van der Waals surface area contributed by atoms with Gasteiger partial charge < -0.3 is 4.74 Å². The number of benzene rings is 1. The van der Waals surface area contributed by atoms with Gasteiger partial charge in [-0.25, -0.2) is 4.79 Å². The first-order chi connectivity index (χ1) is 12.2. The molecule has 26 heavy (non-hydrogen) atoms.